The highest BCUT2D eigenvalue weighted by molar-refractivity contribution is 8.00. The summed E-state index contributed by atoms with van der Waals surface area (Å²) in [7, 11) is 0. The van der Waals surface area contributed by atoms with Crippen LogP contribution in [0, 0.1) is 10.8 Å². The maximum absolute atomic E-state index is 12.4. The molecule has 0 aromatic heterocycles. The monoisotopic (exact) mass is 350 g/mol. The third kappa shape index (κ3) is 7.04. The van der Waals surface area contributed by atoms with Gasteiger partial charge in [-0.25, -0.2) is 4.79 Å². The first-order valence-corrected chi connectivity index (χ1v) is 7.07. The Kier molecular flexibility index (Phi) is 6.43. The van der Waals surface area contributed by atoms with E-state index in [4.69, 9.17) is 20.7 Å². The molecule has 0 spiro atoms. The fourth-order valence-corrected chi connectivity index (χ4v) is 2.19. The van der Waals surface area contributed by atoms with Crippen LogP contribution in [0.15, 0.2) is 23.1 Å². The van der Waals surface area contributed by atoms with Crippen molar-refractivity contribution < 1.29 is 32.5 Å². The minimum Gasteiger partial charge on any atom is -0.479 e. The van der Waals surface area contributed by atoms with Gasteiger partial charge in [-0.1, -0.05) is 0 Å². The van der Waals surface area contributed by atoms with Gasteiger partial charge >= 0.3 is 12.3 Å². The topological polar surface area (TPSA) is 103 Å². The van der Waals surface area contributed by atoms with E-state index in [0.29, 0.717) is 4.90 Å². The lowest BCUT2D eigenvalue weighted by atomic mass is 10.3. The largest absolute Gasteiger partial charge is 0.573 e. The van der Waals surface area contributed by atoms with Gasteiger partial charge in [0.25, 0.3) is 0 Å². The number of thioether (sulfide) groups is 1. The molecule has 23 heavy (non-hydrogen) atoms. The van der Waals surface area contributed by atoms with Crippen LogP contribution >= 0.6 is 11.8 Å². The van der Waals surface area contributed by atoms with Crippen LogP contribution in [0.5, 0.6) is 11.5 Å². The molecular weight excluding hydrogens is 337 g/mol. The molecule has 0 unspecified atom stereocenters. The second kappa shape index (κ2) is 7.86. The SMILES string of the molecule is CC(=N)C(=N)CSc1ccc(OCC(=O)O)c(OC(F)(F)F)c1. The number of carboxylic acid groups (broad SMARTS) is 1. The lowest BCUT2D eigenvalue weighted by molar-refractivity contribution is -0.275. The maximum atomic E-state index is 12.4. The third-order valence-electron chi connectivity index (χ3n) is 2.33. The molecule has 1 rings (SSSR count). The number of halogens is 3. The first kappa shape index (κ1) is 18.8. The van der Waals surface area contributed by atoms with E-state index in [9.17, 15) is 18.0 Å². The molecule has 0 aliphatic rings. The Morgan fingerprint density at radius 1 is 1.30 bits per heavy atom. The minimum atomic E-state index is -4.96. The predicted octanol–water partition coefficient (Wildman–Crippen LogP) is 3.20. The third-order valence-corrected chi connectivity index (χ3v) is 3.35. The molecule has 3 N–H and O–H groups in total. The number of hydrogen-bond acceptors (Lipinski definition) is 6. The Morgan fingerprint density at radius 3 is 2.48 bits per heavy atom. The summed E-state index contributed by atoms with van der Waals surface area (Å²) in [5.41, 5.74) is 0.102. The van der Waals surface area contributed by atoms with Crippen molar-refractivity contribution in [1.29, 1.82) is 10.8 Å². The Labute approximate surface area is 133 Å². The molecule has 1 aromatic carbocycles. The van der Waals surface area contributed by atoms with Gasteiger partial charge in [-0.3, -0.25) is 0 Å². The number of hydrogen-bond donors (Lipinski definition) is 3. The van der Waals surface area contributed by atoms with Crippen molar-refractivity contribution in [3.05, 3.63) is 18.2 Å². The number of ether oxygens (including phenoxy) is 2. The zero-order valence-electron chi connectivity index (χ0n) is 11.9. The molecule has 0 saturated carbocycles. The Balaban J connectivity index is 2.94. The molecule has 0 bridgehead atoms. The lowest BCUT2D eigenvalue weighted by Gasteiger charge is -2.14. The number of nitrogens with one attached hydrogen (secondary N) is 2. The average Bonchev–Trinajstić information content (AvgIpc) is 2.41. The van der Waals surface area contributed by atoms with Crippen molar-refractivity contribution in [3.63, 3.8) is 0 Å². The van der Waals surface area contributed by atoms with E-state index in [1.807, 2.05) is 0 Å². The second-order valence-corrected chi connectivity index (χ2v) is 5.28. The van der Waals surface area contributed by atoms with Crippen LogP contribution in [0.4, 0.5) is 13.2 Å². The molecule has 0 fully saturated rings. The molecule has 6 nitrogen and oxygen atoms in total. The predicted molar refractivity (Wildman–Crippen MR) is 78.1 cm³/mol. The molecule has 10 heteroatoms. The highest BCUT2D eigenvalue weighted by Crippen LogP contribution is 2.36. The molecule has 1 aromatic rings. The standard InChI is InChI=1S/C13H13F3N2O4S/c1-7(17)9(18)6-23-8-2-3-10(21-5-12(19)20)11(4-8)22-13(14,15)16/h2-4,17-18H,5-6H2,1H3,(H,19,20). The van der Waals surface area contributed by atoms with E-state index in [1.165, 1.54) is 13.0 Å². The van der Waals surface area contributed by atoms with Gasteiger partial charge in [-0.2, -0.15) is 0 Å². The van der Waals surface area contributed by atoms with Crippen LogP contribution in [0.25, 0.3) is 0 Å². The van der Waals surface area contributed by atoms with Gasteiger partial charge in [0.1, 0.15) is 0 Å². The van der Waals surface area contributed by atoms with Crippen LogP contribution in [0.2, 0.25) is 0 Å². The zero-order valence-corrected chi connectivity index (χ0v) is 12.7. The summed E-state index contributed by atoms with van der Waals surface area (Å²) in [5.74, 6) is -2.25. The summed E-state index contributed by atoms with van der Waals surface area (Å²) >= 11 is 1.05. The second-order valence-electron chi connectivity index (χ2n) is 4.23. The van der Waals surface area contributed by atoms with Crippen molar-refractivity contribution in [1.82, 2.24) is 0 Å². The molecule has 0 saturated heterocycles. The van der Waals surface area contributed by atoms with Gasteiger partial charge in [0, 0.05) is 16.4 Å². The zero-order chi connectivity index (χ0) is 17.6. The van der Waals surface area contributed by atoms with Gasteiger partial charge in [-0.05, 0) is 25.1 Å². The minimum absolute atomic E-state index is 0.0412. The Bertz CT molecular complexity index is 620. The number of aliphatic carboxylic acids is 1. The molecule has 0 amide bonds. The number of benzene rings is 1. The fraction of sp³-hybridized carbons (Fsp3) is 0.308. The van der Waals surface area contributed by atoms with Crippen LogP contribution < -0.4 is 9.47 Å². The Hall–Kier alpha value is -2.23. The van der Waals surface area contributed by atoms with Crippen LogP contribution in [0.3, 0.4) is 0 Å². The summed E-state index contributed by atoms with van der Waals surface area (Å²) in [6.45, 7) is 0.627. The van der Waals surface area contributed by atoms with Gasteiger partial charge in [0.15, 0.2) is 18.1 Å². The van der Waals surface area contributed by atoms with Crippen molar-refractivity contribution >= 4 is 29.2 Å². The van der Waals surface area contributed by atoms with Crippen molar-refractivity contribution in [2.75, 3.05) is 12.4 Å². The van der Waals surface area contributed by atoms with Gasteiger partial charge < -0.3 is 25.4 Å². The average molecular weight is 350 g/mol. The van der Waals surface area contributed by atoms with Gasteiger partial charge in [0.05, 0.1) is 5.71 Å². The van der Waals surface area contributed by atoms with Crippen LogP contribution in [-0.4, -0.2) is 41.2 Å². The number of carboxylic acids is 1. The van der Waals surface area contributed by atoms with Crippen molar-refractivity contribution in [2.45, 2.75) is 18.2 Å². The molecule has 0 atom stereocenters. The van der Waals surface area contributed by atoms with E-state index in [-0.39, 0.29) is 22.9 Å². The quantitative estimate of drug-likeness (QED) is 0.493. The Morgan fingerprint density at radius 2 is 1.96 bits per heavy atom. The molecule has 0 aliphatic carbocycles. The molecule has 0 aliphatic heterocycles. The summed E-state index contributed by atoms with van der Waals surface area (Å²) < 4.78 is 45.8. The number of carbonyl (C=O) groups is 1. The highest BCUT2D eigenvalue weighted by atomic mass is 32.2. The molecule has 0 radical (unpaired) electrons. The summed E-state index contributed by atoms with van der Waals surface area (Å²) in [6.07, 6.45) is -4.96. The van der Waals surface area contributed by atoms with E-state index in [0.717, 1.165) is 23.9 Å². The van der Waals surface area contributed by atoms with E-state index >= 15 is 0 Å². The lowest BCUT2D eigenvalue weighted by Crippen LogP contribution is -2.18. The summed E-state index contributed by atoms with van der Waals surface area (Å²) in [4.78, 5) is 10.8. The van der Waals surface area contributed by atoms with E-state index < -0.39 is 24.7 Å². The highest BCUT2D eigenvalue weighted by Gasteiger charge is 2.32. The van der Waals surface area contributed by atoms with Gasteiger partial charge in [0.2, 0.25) is 0 Å². The number of rotatable bonds is 8. The number of alkyl halides is 3. The summed E-state index contributed by atoms with van der Waals surface area (Å²) in [5, 5.41) is 23.3. The smallest absolute Gasteiger partial charge is 0.479 e. The van der Waals surface area contributed by atoms with E-state index in [1.54, 1.807) is 0 Å². The van der Waals surface area contributed by atoms with Crippen LogP contribution in [0.1, 0.15) is 6.92 Å². The summed E-state index contributed by atoms with van der Waals surface area (Å²) in [6, 6.07) is 3.62. The first-order valence-electron chi connectivity index (χ1n) is 6.08. The normalized spacial score (nSPS) is 11.0. The molecular formula is C13H13F3N2O4S. The van der Waals surface area contributed by atoms with Gasteiger partial charge in [-0.15, -0.1) is 24.9 Å². The maximum Gasteiger partial charge on any atom is 0.573 e. The molecule has 126 valence electrons. The first-order chi connectivity index (χ1) is 10.6. The van der Waals surface area contributed by atoms with E-state index in [2.05, 4.69) is 4.74 Å². The van der Waals surface area contributed by atoms with Crippen molar-refractivity contribution in [2.24, 2.45) is 0 Å². The van der Waals surface area contributed by atoms with Crippen LogP contribution in [-0.2, 0) is 4.79 Å². The molecule has 0 heterocycles. The fourth-order valence-electron chi connectivity index (χ4n) is 1.31. The van der Waals surface area contributed by atoms with Crippen molar-refractivity contribution in [3.8, 4) is 11.5 Å².